The van der Waals surface area contributed by atoms with Gasteiger partial charge in [-0.25, -0.2) is 0 Å². The van der Waals surface area contributed by atoms with Crippen LogP contribution in [0, 0.1) is 5.41 Å². The summed E-state index contributed by atoms with van der Waals surface area (Å²) in [4.78, 5) is 41.5. The molecule has 1 aromatic rings. The van der Waals surface area contributed by atoms with Crippen LogP contribution in [0.1, 0.15) is 31.1 Å². The SMILES string of the molecule is CC(C)(C)C(=O)N1CC(=O)N2c3ccccc3C(=O)[C@H]3C=C[C@@]2(C1)O3. The van der Waals surface area contributed by atoms with Crippen molar-refractivity contribution in [2.45, 2.75) is 32.6 Å². The molecule has 0 radical (unpaired) electrons. The molecule has 2 atom stereocenters. The van der Waals surface area contributed by atoms with Crippen molar-refractivity contribution >= 4 is 23.3 Å². The lowest BCUT2D eigenvalue weighted by molar-refractivity contribution is -0.152. The summed E-state index contributed by atoms with van der Waals surface area (Å²) in [5.74, 6) is -0.532. The molecule has 2 amide bonds. The summed E-state index contributed by atoms with van der Waals surface area (Å²) in [6.45, 7) is 5.66. The van der Waals surface area contributed by atoms with Crippen LogP contribution in [0.15, 0.2) is 36.4 Å². The predicted octanol–water partition coefficient (Wildman–Crippen LogP) is 1.76. The highest BCUT2D eigenvalue weighted by molar-refractivity contribution is 6.11. The Morgan fingerprint density at radius 3 is 2.68 bits per heavy atom. The summed E-state index contributed by atoms with van der Waals surface area (Å²) in [7, 11) is 0. The van der Waals surface area contributed by atoms with Crippen molar-refractivity contribution in [1.29, 1.82) is 0 Å². The average Bonchev–Trinajstić information content (AvgIpc) is 2.92. The van der Waals surface area contributed by atoms with Gasteiger partial charge >= 0.3 is 0 Å². The summed E-state index contributed by atoms with van der Waals surface area (Å²) in [5.41, 5.74) is -0.697. The highest BCUT2D eigenvalue weighted by Crippen LogP contribution is 2.42. The number of carbonyl (C=O) groups excluding carboxylic acids is 3. The number of hydrogen-bond donors (Lipinski definition) is 0. The third-order valence-electron chi connectivity index (χ3n) is 4.83. The smallest absolute Gasteiger partial charge is 0.249 e. The Morgan fingerprint density at radius 2 is 1.96 bits per heavy atom. The molecule has 0 unspecified atom stereocenters. The van der Waals surface area contributed by atoms with Crippen molar-refractivity contribution in [2.24, 2.45) is 5.41 Å². The largest absolute Gasteiger partial charge is 0.334 e. The van der Waals surface area contributed by atoms with Crippen LogP contribution < -0.4 is 4.90 Å². The van der Waals surface area contributed by atoms with E-state index >= 15 is 0 Å². The van der Waals surface area contributed by atoms with Gasteiger partial charge in [-0.3, -0.25) is 19.3 Å². The first-order chi connectivity index (χ1) is 11.7. The second-order valence-corrected chi connectivity index (χ2v) is 7.76. The van der Waals surface area contributed by atoms with Crippen LogP contribution in [0.5, 0.6) is 0 Å². The molecule has 0 N–H and O–H groups in total. The number of carbonyl (C=O) groups is 3. The number of piperazine rings is 1. The van der Waals surface area contributed by atoms with Crippen molar-refractivity contribution in [3.63, 3.8) is 0 Å². The maximum absolute atomic E-state index is 13.0. The molecule has 6 heteroatoms. The molecule has 0 saturated carbocycles. The molecule has 3 aliphatic rings. The molecule has 4 rings (SSSR count). The number of ether oxygens (including phenoxy) is 1. The van der Waals surface area contributed by atoms with Crippen molar-refractivity contribution in [3.8, 4) is 0 Å². The minimum atomic E-state index is -1.12. The molecule has 3 aliphatic heterocycles. The Morgan fingerprint density at radius 1 is 1.24 bits per heavy atom. The highest BCUT2D eigenvalue weighted by Gasteiger charge is 2.54. The number of benzene rings is 1. The summed E-state index contributed by atoms with van der Waals surface area (Å²) >= 11 is 0. The van der Waals surface area contributed by atoms with E-state index in [4.69, 9.17) is 4.74 Å². The Bertz CT molecular complexity index is 823. The van der Waals surface area contributed by atoms with E-state index < -0.39 is 17.2 Å². The molecular formula is C19H20N2O4. The number of amides is 2. The van der Waals surface area contributed by atoms with Crippen LogP contribution >= 0.6 is 0 Å². The number of rotatable bonds is 0. The predicted molar refractivity (Wildman–Crippen MR) is 91.0 cm³/mol. The second-order valence-electron chi connectivity index (χ2n) is 7.76. The third-order valence-corrected chi connectivity index (χ3v) is 4.83. The van der Waals surface area contributed by atoms with Gasteiger partial charge in [-0.1, -0.05) is 32.9 Å². The van der Waals surface area contributed by atoms with E-state index in [1.165, 1.54) is 9.80 Å². The fraction of sp³-hybridized carbons (Fsp3) is 0.421. The molecule has 2 bridgehead atoms. The van der Waals surface area contributed by atoms with Crippen LogP contribution in [0.4, 0.5) is 5.69 Å². The number of para-hydroxylation sites is 1. The standard InChI is InChI=1S/C19H20N2O4/c1-18(2,3)17(24)20-10-15(22)21-13-7-5-4-6-12(13)16(23)14-8-9-19(21,11-20)25-14/h4-9,14H,10-11H2,1-3H3/t14-,19+/m1/s1. The van der Waals surface area contributed by atoms with Gasteiger partial charge in [0, 0.05) is 11.0 Å². The van der Waals surface area contributed by atoms with Gasteiger partial charge in [0.15, 0.2) is 11.5 Å². The fourth-order valence-corrected chi connectivity index (χ4v) is 3.73. The molecule has 25 heavy (non-hydrogen) atoms. The van der Waals surface area contributed by atoms with E-state index in [2.05, 4.69) is 0 Å². The Balaban J connectivity index is 1.82. The molecule has 1 fully saturated rings. The molecular weight excluding hydrogens is 320 g/mol. The van der Waals surface area contributed by atoms with E-state index in [9.17, 15) is 14.4 Å². The maximum Gasteiger partial charge on any atom is 0.249 e. The van der Waals surface area contributed by atoms with E-state index in [-0.39, 0.29) is 30.7 Å². The summed E-state index contributed by atoms with van der Waals surface area (Å²) in [6, 6.07) is 7.04. The molecule has 1 aromatic carbocycles. The van der Waals surface area contributed by atoms with E-state index in [1.54, 1.807) is 36.4 Å². The van der Waals surface area contributed by atoms with Crippen LogP contribution in [-0.2, 0) is 14.3 Å². The third kappa shape index (κ3) is 2.24. The minimum Gasteiger partial charge on any atom is -0.334 e. The van der Waals surface area contributed by atoms with E-state index in [0.29, 0.717) is 11.3 Å². The number of nitrogens with zero attached hydrogens (tertiary/aromatic N) is 2. The van der Waals surface area contributed by atoms with Crippen LogP contribution in [0.2, 0.25) is 0 Å². The van der Waals surface area contributed by atoms with Crippen molar-refractivity contribution < 1.29 is 19.1 Å². The van der Waals surface area contributed by atoms with Gasteiger partial charge in [0.05, 0.1) is 12.2 Å². The summed E-state index contributed by atoms with van der Waals surface area (Å²) in [6.07, 6.45) is 2.69. The molecule has 3 heterocycles. The molecule has 6 nitrogen and oxygen atoms in total. The van der Waals surface area contributed by atoms with Gasteiger partial charge in [0.1, 0.15) is 12.6 Å². The van der Waals surface area contributed by atoms with Gasteiger partial charge in [0.25, 0.3) is 0 Å². The Hall–Kier alpha value is -2.47. The number of hydrogen-bond acceptors (Lipinski definition) is 4. The Labute approximate surface area is 146 Å². The quantitative estimate of drug-likeness (QED) is 0.675. The highest BCUT2D eigenvalue weighted by atomic mass is 16.5. The van der Waals surface area contributed by atoms with Crippen LogP contribution in [0.3, 0.4) is 0 Å². The summed E-state index contributed by atoms with van der Waals surface area (Å²) < 4.78 is 6.02. The van der Waals surface area contributed by atoms with E-state index in [1.807, 2.05) is 20.8 Å². The fourth-order valence-electron chi connectivity index (χ4n) is 3.73. The number of Topliss-reactive ketones (excluding diaryl/α,β-unsaturated/α-hetero) is 1. The first-order valence-corrected chi connectivity index (χ1v) is 8.36. The minimum absolute atomic E-state index is 0.0256. The van der Waals surface area contributed by atoms with Gasteiger partial charge in [0.2, 0.25) is 11.8 Å². The zero-order chi connectivity index (χ0) is 18.0. The van der Waals surface area contributed by atoms with Crippen LogP contribution in [-0.4, -0.2) is 47.4 Å². The van der Waals surface area contributed by atoms with Crippen molar-refractivity contribution in [2.75, 3.05) is 18.0 Å². The van der Waals surface area contributed by atoms with Gasteiger partial charge in [-0.2, -0.15) is 0 Å². The van der Waals surface area contributed by atoms with Crippen LogP contribution in [0.25, 0.3) is 0 Å². The van der Waals surface area contributed by atoms with Gasteiger partial charge in [-0.05, 0) is 24.3 Å². The lowest BCUT2D eigenvalue weighted by Gasteiger charge is -2.47. The molecule has 0 aliphatic carbocycles. The lowest BCUT2D eigenvalue weighted by Crippen LogP contribution is -2.66. The topological polar surface area (TPSA) is 66.9 Å². The normalized spacial score (nSPS) is 27.9. The monoisotopic (exact) mass is 340 g/mol. The average molecular weight is 340 g/mol. The number of ketones is 1. The number of fused-ring (bicyclic) bond motifs is 3. The number of anilines is 1. The van der Waals surface area contributed by atoms with Gasteiger partial charge in [-0.15, -0.1) is 0 Å². The Kier molecular flexibility index (Phi) is 3.22. The summed E-state index contributed by atoms with van der Waals surface area (Å²) in [5, 5.41) is 0. The first-order valence-electron chi connectivity index (χ1n) is 8.36. The molecule has 1 saturated heterocycles. The van der Waals surface area contributed by atoms with Gasteiger partial charge < -0.3 is 9.64 Å². The van der Waals surface area contributed by atoms with E-state index in [0.717, 1.165) is 0 Å². The van der Waals surface area contributed by atoms with Crippen molar-refractivity contribution in [3.05, 3.63) is 42.0 Å². The molecule has 130 valence electrons. The maximum atomic E-state index is 13.0. The first kappa shape index (κ1) is 16.0. The zero-order valence-electron chi connectivity index (χ0n) is 14.5. The lowest BCUT2D eigenvalue weighted by atomic mass is 9.92. The zero-order valence-corrected chi connectivity index (χ0v) is 14.5. The molecule has 0 aromatic heterocycles. The molecule has 1 spiro atoms. The van der Waals surface area contributed by atoms with Crippen molar-refractivity contribution in [1.82, 2.24) is 4.90 Å². The second kappa shape index (κ2) is 5.02.